The number of carbonyl (C=O) groups is 2. The Labute approximate surface area is 136 Å². The first-order valence-electron chi connectivity index (χ1n) is 8.10. The van der Waals surface area contributed by atoms with Crippen LogP contribution in [0.3, 0.4) is 0 Å². The highest BCUT2D eigenvalue weighted by atomic mass is 16.2. The van der Waals surface area contributed by atoms with Crippen molar-refractivity contribution < 1.29 is 9.59 Å². The van der Waals surface area contributed by atoms with Crippen molar-refractivity contribution in [2.45, 2.75) is 20.3 Å². The van der Waals surface area contributed by atoms with Crippen LogP contribution in [-0.4, -0.2) is 36.3 Å². The van der Waals surface area contributed by atoms with Crippen LogP contribution in [0.15, 0.2) is 42.5 Å². The van der Waals surface area contributed by atoms with Gasteiger partial charge in [0.25, 0.3) is 5.91 Å². The van der Waals surface area contributed by atoms with Crippen molar-refractivity contribution in [1.29, 1.82) is 0 Å². The van der Waals surface area contributed by atoms with E-state index < -0.39 is 5.41 Å². The first-order chi connectivity index (χ1) is 11.0. The number of nitrogens with zero attached hydrogens (tertiary/aromatic N) is 1. The lowest BCUT2D eigenvalue weighted by Crippen LogP contribution is -2.41. The van der Waals surface area contributed by atoms with Gasteiger partial charge in [0.15, 0.2) is 0 Å². The van der Waals surface area contributed by atoms with Crippen molar-refractivity contribution >= 4 is 22.6 Å². The van der Waals surface area contributed by atoms with Gasteiger partial charge in [0.2, 0.25) is 5.91 Å². The molecule has 0 radical (unpaired) electrons. The first-order valence-corrected chi connectivity index (χ1v) is 8.10. The third-order valence-corrected chi connectivity index (χ3v) is 4.64. The Kier molecular flexibility index (Phi) is 4.07. The van der Waals surface area contributed by atoms with Crippen molar-refractivity contribution in [2.75, 3.05) is 19.6 Å². The lowest BCUT2D eigenvalue weighted by Gasteiger charge is -2.23. The van der Waals surface area contributed by atoms with Gasteiger partial charge < -0.3 is 10.2 Å². The molecule has 2 aromatic carbocycles. The average molecular weight is 310 g/mol. The largest absolute Gasteiger partial charge is 0.356 e. The molecule has 1 heterocycles. The summed E-state index contributed by atoms with van der Waals surface area (Å²) in [5, 5.41) is 5.06. The van der Waals surface area contributed by atoms with Gasteiger partial charge >= 0.3 is 0 Å². The fourth-order valence-electron chi connectivity index (χ4n) is 3.20. The van der Waals surface area contributed by atoms with Gasteiger partial charge in [-0.25, -0.2) is 0 Å². The molecule has 4 heteroatoms. The van der Waals surface area contributed by atoms with Gasteiger partial charge in [0, 0.05) is 25.2 Å². The zero-order valence-electron chi connectivity index (χ0n) is 13.6. The minimum absolute atomic E-state index is 0.00350. The van der Waals surface area contributed by atoms with Crippen molar-refractivity contribution in [3.63, 3.8) is 0 Å². The van der Waals surface area contributed by atoms with Crippen LogP contribution in [0.25, 0.3) is 10.8 Å². The van der Waals surface area contributed by atoms with Crippen LogP contribution in [0.4, 0.5) is 0 Å². The van der Waals surface area contributed by atoms with Crippen LogP contribution in [0.2, 0.25) is 0 Å². The summed E-state index contributed by atoms with van der Waals surface area (Å²) < 4.78 is 0. The molecule has 0 aromatic heterocycles. The van der Waals surface area contributed by atoms with Crippen LogP contribution in [0.5, 0.6) is 0 Å². The molecule has 120 valence electrons. The highest BCUT2D eigenvalue weighted by molar-refractivity contribution is 5.99. The summed E-state index contributed by atoms with van der Waals surface area (Å²) >= 11 is 0. The molecule has 1 fully saturated rings. The number of nitrogens with one attached hydrogen (secondary N) is 1. The number of hydrogen-bond acceptors (Lipinski definition) is 2. The fraction of sp³-hybridized carbons (Fsp3) is 0.368. The molecule has 0 aliphatic carbocycles. The molecule has 23 heavy (non-hydrogen) atoms. The Balaban J connectivity index is 1.79. The Morgan fingerprint density at radius 1 is 1.17 bits per heavy atom. The number of benzene rings is 2. The summed E-state index contributed by atoms with van der Waals surface area (Å²) in [6.07, 6.45) is 0.707. The van der Waals surface area contributed by atoms with E-state index in [0.717, 1.165) is 10.8 Å². The number of carbonyl (C=O) groups excluding carboxylic acids is 2. The first kappa shape index (κ1) is 15.5. The molecule has 4 nitrogen and oxygen atoms in total. The second kappa shape index (κ2) is 6.03. The van der Waals surface area contributed by atoms with Gasteiger partial charge in [-0.1, -0.05) is 30.3 Å². The molecule has 2 amide bonds. The van der Waals surface area contributed by atoms with Gasteiger partial charge in [-0.15, -0.1) is 0 Å². The number of fused-ring (bicyclic) bond motifs is 1. The molecule has 1 atom stereocenters. The SMILES string of the molecule is CCNC(=O)C1(C)CCN(C(=O)c2ccc3ccccc3c2)C1. The van der Waals surface area contributed by atoms with Crippen LogP contribution in [0.1, 0.15) is 30.6 Å². The molecule has 2 aromatic rings. The summed E-state index contributed by atoms with van der Waals surface area (Å²) in [6.45, 7) is 5.57. The maximum atomic E-state index is 12.8. The second-order valence-electron chi connectivity index (χ2n) is 6.46. The normalized spacial score (nSPS) is 20.7. The maximum absolute atomic E-state index is 12.8. The van der Waals surface area contributed by atoms with E-state index >= 15 is 0 Å². The molecule has 1 saturated heterocycles. The minimum atomic E-state index is -0.484. The van der Waals surface area contributed by atoms with E-state index in [1.165, 1.54) is 0 Å². The molecular weight excluding hydrogens is 288 g/mol. The molecular formula is C19H22N2O2. The summed E-state index contributed by atoms with van der Waals surface area (Å²) in [4.78, 5) is 26.7. The van der Waals surface area contributed by atoms with Gasteiger partial charge in [-0.05, 0) is 43.2 Å². The fourth-order valence-corrected chi connectivity index (χ4v) is 3.20. The lowest BCUT2D eigenvalue weighted by molar-refractivity contribution is -0.129. The van der Waals surface area contributed by atoms with E-state index in [4.69, 9.17) is 0 Å². The van der Waals surface area contributed by atoms with Crippen LogP contribution in [-0.2, 0) is 4.79 Å². The molecule has 1 aliphatic rings. The predicted octanol–water partition coefficient (Wildman–Crippen LogP) is 2.83. The standard InChI is InChI=1S/C19H22N2O2/c1-3-20-18(23)19(2)10-11-21(13-19)17(22)16-9-8-14-6-4-5-7-15(14)12-16/h4-9,12H,3,10-11,13H2,1-2H3,(H,20,23). The Hall–Kier alpha value is -2.36. The van der Waals surface area contributed by atoms with E-state index in [1.54, 1.807) is 4.90 Å². The third kappa shape index (κ3) is 2.93. The van der Waals surface area contributed by atoms with E-state index in [9.17, 15) is 9.59 Å². The summed E-state index contributed by atoms with van der Waals surface area (Å²) in [7, 11) is 0. The van der Waals surface area contributed by atoms with Gasteiger partial charge in [0.1, 0.15) is 0 Å². The zero-order valence-corrected chi connectivity index (χ0v) is 13.6. The summed E-state index contributed by atoms with van der Waals surface area (Å²) in [5.41, 5.74) is 0.201. The smallest absolute Gasteiger partial charge is 0.253 e. The van der Waals surface area contributed by atoms with Gasteiger partial charge in [-0.3, -0.25) is 9.59 Å². The quantitative estimate of drug-likeness (QED) is 0.947. The van der Waals surface area contributed by atoms with Crippen molar-refractivity contribution in [1.82, 2.24) is 10.2 Å². The predicted molar refractivity (Wildman–Crippen MR) is 91.3 cm³/mol. The number of amides is 2. The molecule has 1 aliphatic heterocycles. The Morgan fingerprint density at radius 3 is 2.65 bits per heavy atom. The van der Waals surface area contributed by atoms with Crippen molar-refractivity contribution in [3.8, 4) is 0 Å². The van der Waals surface area contributed by atoms with Gasteiger partial charge in [0.05, 0.1) is 5.41 Å². The molecule has 0 bridgehead atoms. The molecule has 3 rings (SSSR count). The molecule has 1 unspecified atom stereocenters. The number of rotatable bonds is 3. The monoisotopic (exact) mass is 310 g/mol. The Bertz CT molecular complexity index is 756. The lowest BCUT2D eigenvalue weighted by atomic mass is 9.89. The molecule has 0 spiro atoms. The minimum Gasteiger partial charge on any atom is -0.356 e. The van der Waals surface area contributed by atoms with Crippen LogP contribution < -0.4 is 5.32 Å². The van der Waals surface area contributed by atoms with E-state index in [0.29, 0.717) is 31.6 Å². The topological polar surface area (TPSA) is 49.4 Å². The van der Waals surface area contributed by atoms with Crippen molar-refractivity contribution in [3.05, 3.63) is 48.0 Å². The average Bonchev–Trinajstić information content (AvgIpc) is 2.98. The van der Waals surface area contributed by atoms with Crippen LogP contribution in [0, 0.1) is 5.41 Å². The Morgan fingerprint density at radius 2 is 1.91 bits per heavy atom. The van der Waals surface area contributed by atoms with Crippen molar-refractivity contribution in [2.24, 2.45) is 5.41 Å². The van der Waals surface area contributed by atoms with E-state index in [-0.39, 0.29) is 11.8 Å². The maximum Gasteiger partial charge on any atom is 0.253 e. The summed E-state index contributed by atoms with van der Waals surface area (Å²) in [6, 6.07) is 13.8. The highest BCUT2D eigenvalue weighted by Crippen LogP contribution is 2.31. The highest BCUT2D eigenvalue weighted by Gasteiger charge is 2.41. The molecule has 0 saturated carbocycles. The molecule has 1 N–H and O–H groups in total. The van der Waals surface area contributed by atoms with Crippen LogP contribution >= 0.6 is 0 Å². The zero-order chi connectivity index (χ0) is 16.4. The number of hydrogen-bond donors (Lipinski definition) is 1. The van der Waals surface area contributed by atoms with E-state index in [1.807, 2.05) is 56.3 Å². The number of likely N-dealkylation sites (tertiary alicyclic amines) is 1. The summed E-state index contributed by atoms with van der Waals surface area (Å²) in [5.74, 6) is 0.0394. The van der Waals surface area contributed by atoms with E-state index in [2.05, 4.69) is 5.32 Å². The second-order valence-corrected chi connectivity index (χ2v) is 6.46. The van der Waals surface area contributed by atoms with Gasteiger partial charge in [-0.2, -0.15) is 0 Å². The third-order valence-electron chi connectivity index (χ3n) is 4.64.